The average Bonchev–Trinajstić information content (AvgIpc) is 2.68. The number of aliphatic hydroxyl groups is 2. The van der Waals surface area contributed by atoms with E-state index in [1.165, 1.54) is 25.7 Å². The van der Waals surface area contributed by atoms with Crippen LogP contribution in [0.2, 0.25) is 0 Å². The zero-order valence-corrected chi connectivity index (χ0v) is 17.2. The molecule has 0 saturated carbocycles. The number of carbonyl (C=O) groups excluding carboxylic acids is 1. The van der Waals surface area contributed by atoms with Crippen LogP contribution in [0.25, 0.3) is 0 Å². The Balaban J connectivity index is 3.37. The Bertz CT molecular complexity index is 413. The van der Waals surface area contributed by atoms with Crippen LogP contribution in [0.1, 0.15) is 84.0 Å². The van der Waals surface area contributed by atoms with Gasteiger partial charge in [0.05, 0.1) is 6.61 Å². The lowest BCUT2D eigenvalue weighted by Crippen LogP contribution is -2.21. The normalized spacial score (nSPS) is 13.1. The van der Waals surface area contributed by atoms with Crippen LogP contribution in [0.5, 0.6) is 0 Å². The van der Waals surface area contributed by atoms with Crippen LogP contribution in [0, 0.1) is 0 Å². The van der Waals surface area contributed by atoms with Crippen molar-refractivity contribution >= 4 is 5.97 Å². The molecule has 0 aliphatic rings. The first-order valence-electron chi connectivity index (χ1n) is 10.6. The van der Waals surface area contributed by atoms with E-state index in [0.717, 1.165) is 44.9 Å². The van der Waals surface area contributed by atoms with Crippen LogP contribution in [0.4, 0.5) is 0 Å². The lowest BCUT2D eigenvalue weighted by Gasteiger charge is -2.08. The Hall–Kier alpha value is -1.39. The minimum absolute atomic E-state index is 0.121. The van der Waals surface area contributed by atoms with Crippen molar-refractivity contribution in [3.63, 3.8) is 0 Å². The minimum Gasteiger partial charge on any atom is -0.463 e. The van der Waals surface area contributed by atoms with Gasteiger partial charge >= 0.3 is 5.97 Å². The summed E-state index contributed by atoms with van der Waals surface area (Å²) in [6, 6.07) is 0. The summed E-state index contributed by atoms with van der Waals surface area (Å²) in [5.41, 5.74) is 0. The molecule has 2 N–H and O–H groups in total. The fourth-order valence-corrected chi connectivity index (χ4v) is 2.49. The minimum atomic E-state index is -0.970. The van der Waals surface area contributed by atoms with Crippen molar-refractivity contribution in [2.45, 2.75) is 90.1 Å². The third-order valence-electron chi connectivity index (χ3n) is 4.17. The molecule has 0 heterocycles. The Morgan fingerprint density at radius 1 is 0.852 bits per heavy atom. The highest BCUT2D eigenvalue weighted by molar-refractivity contribution is 5.69. The second kappa shape index (κ2) is 20.9. The van der Waals surface area contributed by atoms with Crippen LogP contribution in [0.15, 0.2) is 36.5 Å². The van der Waals surface area contributed by atoms with Gasteiger partial charge in [0, 0.05) is 6.42 Å². The molecule has 0 amide bonds. The van der Waals surface area contributed by atoms with Crippen LogP contribution in [0.3, 0.4) is 0 Å². The van der Waals surface area contributed by atoms with Crippen molar-refractivity contribution in [1.29, 1.82) is 0 Å². The van der Waals surface area contributed by atoms with E-state index in [1.807, 2.05) is 0 Å². The number of aliphatic hydroxyl groups excluding tert-OH is 2. The molecule has 4 heteroatoms. The van der Waals surface area contributed by atoms with E-state index in [0.29, 0.717) is 6.42 Å². The first kappa shape index (κ1) is 25.6. The molecule has 0 aromatic rings. The second-order valence-corrected chi connectivity index (χ2v) is 6.85. The maximum Gasteiger partial charge on any atom is 0.305 e. The highest BCUT2D eigenvalue weighted by Gasteiger charge is 2.07. The molecule has 1 atom stereocenters. The number of unbranched alkanes of at least 4 members (excludes halogenated alkanes) is 7. The van der Waals surface area contributed by atoms with Gasteiger partial charge < -0.3 is 14.9 Å². The largest absolute Gasteiger partial charge is 0.463 e. The third kappa shape index (κ3) is 20.8. The Morgan fingerprint density at radius 2 is 1.41 bits per heavy atom. The molecule has 0 spiro atoms. The first-order chi connectivity index (χ1) is 13.2. The molecule has 4 nitrogen and oxygen atoms in total. The van der Waals surface area contributed by atoms with Crippen molar-refractivity contribution in [1.82, 2.24) is 0 Å². The van der Waals surface area contributed by atoms with Gasteiger partial charge in [0.25, 0.3) is 0 Å². The summed E-state index contributed by atoms with van der Waals surface area (Å²) in [6.07, 6.45) is 25.1. The van der Waals surface area contributed by atoms with Crippen molar-refractivity contribution < 1.29 is 19.7 Å². The van der Waals surface area contributed by atoms with Gasteiger partial charge in [-0.25, -0.2) is 0 Å². The van der Waals surface area contributed by atoms with Gasteiger partial charge in [0.2, 0.25) is 0 Å². The molecule has 0 radical (unpaired) electrons. The number of hydrogen-bond acceptors (Lipinski definition) is 4. The first-order valence-corrected chi connectivity index (χ1v) is 10.6. The van der Waals surface area contributed by atoms with Crippen molar-refractivity contribution in [3.05, 3.63) is 36.5 Å². The standard InChI is InChI=1S/C23H40O4/c1-2-3-4-5-6-7-8-9-10-11-12-13-14-15-16-17-18-19-23(26)27-21-22(25)20-24/h6-7,9-10,12-13,22,24-25H,2-5,8,11,14-21H2,1H3/b7-6+,10-9+,13-12+/t22-/m0/s1. The summed E-state index contributed by atoms with van der Waals surface area (Å²) in [5.74, 6) is -0.301. The number of allylic oxidation sites excluding steroid dienone is 6. The quantitative estimate of drug-likeness (QED) is 0.193. The molecule has 0 rings (SSSR count). The molecule has 0 bridgehead atoms. The highest BCUT2D eigenvalue weighted by Crippen LogP contribution is 2.07. The topological polar surface area (TPSA) is 66.8 Å². The average molecular weight is 381 g/mol. The zero-order chi connectivity index (χ0) is 20.0. The Labute approximate surface area is 166 Å². The van der Waals surface area contributed by atoms with E-state index in [1.54, 1.807) is 0 Å². The lowest BCUT2D eigenvalue weighted by atomic mass is 10.1. The molecule has 0 aromatic heterocycles. The Kier molecular flexibility index (Phi) is 19.8. The van der Waals surface area contributed by atoms with Crippen molar-refractivity contribution in [2.75, 3.05) is 13.2 Å². The fraction of sp³-hybridized carbons (Fsp3) is 0.696. The predicted octanol–water partition coefficient (Wildman–Crippen LogP) is 5.25. The van der Waals surface area contributed by atoms with Gasteiger partial charge in [-0.05, 0) is 44.9 Å². The van der Waals surface area contributed by atoms with Gasteiger partial charge in [0.1, 0.15) is 12.7 Å². The molecule has 0 unspecified atom stereocenters. The van der Waals surface area contributed by atoms with E-state index >= 15 is 0 Å². The number of carbonyl (C=O) groups is 1. The highest BCUT2D eigenvalue weighted by atomic mass is 16.5. The van der Waals surface area contributed by atoms with Crippen LogP contribution in [-0.4, -0.2) is 35.5 Å². The molecular formula is C23H40O4. The van der Waals surface area contributed by atoms with Crippen molar-refractivity contribution in [2.24, 2.45) is 0 Å². The van der Waals surface area contributed by atoms with Gasteiger partial charge in [0.15, 0.2) is 0 Å². The molecule has 156 valence electrons. The maximum atomic E-state index is 11.4. The van der Waals surface area contributed by atoms with E-state index in [2.05, 4.69) is 43.4 Å². The number of ether oxygens (including phenoxy) is 1. The second-order valence-electron chi connectivity index (χ2n) is 6.85. The van der Waals surface area contributed by atoms with E-state index in [4.69, 9.17) is 14.9 Å². The van der Waals surface area contributed by atoms with E-state index in [9.17, 15) is 4.79 Å². The number of rotatable bonds is 18. The SMILES string of the molecule is CCCCC/C=C/C/C=C/C/C=C/CCCCCCC(=O)OC[C@@H](O)CO. The molecule has 0 aromatic carbocycles. The van der Waals surface area contributed by atoms with Gasteiger partial charge in [-0.15, -0.1) is 0 Å². The maximum absolute atomic E-state index is 11.4. The fourth-order valence-electron chi connectivity index (χ4n) is 2.49. The van der Waals surface area contributed by atoms with Crippen molar-refractivity contribution in [3.8, 4) is 0 Å². The van der Waals surface area contributed by atoms with Gasteiger partial charge in [-0.2, -0.15) is 0 Å². The van der Waals surface area contributed by atoms with Crippen LogP contribution >= 0.6 is 0 Å². The molecule has 0 aliphatic heterocycles. The molecule has 0 aliphatic carbocycles. The third-order valence-corrected chi connectivity index (χ3v) is 4.17. The molecule has 27 heavy (non-hydrogen) atoms. The van der Waals surface area contributed by atoms with Crippen LogP contribution < -0.4 is 0 Å². The number of hydrogen-bond donors (Lipinski definition) is 2. The monoisotopic (exact) mass is 380 g/mol. The van der Waals surface area contributed by atoms with Gasteiger partial charge in [-0.1, -0.05) is 69.1 Å². The van der Waals surface area contributed by atoms with Crippen LogP contribution in [-0.2, 0) is 9.53 Å². The van der Waals surface area contributed by atoms with E-state index in [-0.39, 0.29) is 19.2 Å². The lowest BCUT2D eigenvalue weighted by molar-refractivity contribution is -0.147. The predicted molar refractivity (Wildman–Crippen MR) is 113 cm³/mol. The molecular weight excluding hydrogens is 340 g/mol. The number of esters is 1. The van der Waals surface area contributed by atoms with Gasteiger partial charge in [-0.3, -0.25) is 4.79 Å². The summed E-state index contributed by atoms with van der Waals surface area (Å²) in [7, 11) is 0. The summed E-state index contributed by atoms with van der Waals surface area (Å²) >= 11 is 0. The summed E-state index contributed by atoms with van der Waals surface area (Å²) in [6.45, 7) is 1.73. The zero-order valence-electron chi connectivity index (χ0n) is 17.2. The molecule has 0 fully saturated rings. The smallest absolute Gasteiger partial charge is 0.305 e. The summed E-state index contributed by atoms with van der Waals surface area (Å²) in [5, 5.41) is 17.7. The van der Waals surface area contributed by atoms with E-state index < -0.39 is 6.10 Å². The summed E-state index contributed by atoms with van der Waals surface area (Å²) < 4.78 is 4.85. The Morgan fingerprint density at radius 3 is 2.00 bits per heavy atom. The molecule has 0 saturated heterocycles. The summed E-state index contributed by atoms with van der Waals surface area (Å²) in [4.78, 5) is 11.4.